The third-order valence-corrected chi connectivity index (χ3v) is 4.24. The van der Waals surface area contributed by atoms with Crippen molar-refractivity contribution in [1.82, 2.24) is 20.1 Å². The first-order valence-corrected chi connectivity index (χ1v) is 8.45. The van der Waals surface area contributed by atoms with Crippen LogP contribution in [0.2, 0.25) is 0 Å². The summed E-state index contributed by atoms with van der Waals surface area (Å²) in [6.45, 7) is 5.53. The fourth-order valence-electron chi connectivity index (χ4n) is 2.56. The maximum atomic E-state index is 11.9. The zero-order chi connectivity index (χ0) is 16.2. The fraction of sp³-hybridized carbons (Fsp3) is 0.467. The van der Waals surface area contributed by atoms with Crippen molar-refractivity contribution in [1.29, 1.82) is 0 Å². The molecule has 1 unspecified atom stereocenters. The van der Waals surface area contributed by atoms with Crippen LogP contribution in [0.3, 0.4) is 0 Å². The Kier molecular flexibility index (Phi) is 4.82. The molecule has 8 heteroatoms. The number of rotatable bonds is 4. The van der Waals surface area contributed by atoms with Gasteiger partial charge in [0.25, 0.3) is 0 Å². The summed E-state index contributed by atoms with van der Waals surface area (Å²) in [6, 6.07) is 3.89. The SMILES string of the molecule is CCC(=O)N1CCOC(c2cc(Nc3nncs3)cc(C)n2)C1. The molecule has 0 spiro atoms. The molecule has 0 saturated carbocycles. The number of aromatic nitrogens is 3. The molecule has 3 heterocycles. The summed E-state index contributed by atoms with van der Waals surface area (Å²) in [5, 5.41) is 11.7. The molecule has 3 rings (SSSR count). The second kappa shape index (κ2) is 7.01. The quantitative estimate of drug-likeness (QED) is 0.925. The summed E-state index contributed by atoms with van der Waals surface area (Å²) in [4.78, 5) is 18.3. The van der Waals surface area contributed by atoms with Crippen LogP contribution in [0.25, 0.3) is 0 Å². The lowest BCUT2D eigenvalue weighted by Crippen LogP contribution is -2.42. The number of ether oxygens (including phenoxy) is 1. The number of anilines is 2. The van der Waals surface area contributed by atoms with E-state index in [1.807, 2.05) is 30.9 Å². The van der Waals surface area contributed by atoms with E-state index in [2.05, 4.69) is 20.5 Å². The van der Waals surface area contributed by atoms with E-state index in [-0.39, 0.29) is 12.0 Å². The van der Waals surface area contributed by atoms with Gasteiger partial charge in [0.15, 0.2) is 0 Å². The number of aryl methyl sites for hydroxylation is 1. The maximum Gasteiger partial charge on any atom is 0.222 e. The third-order valence-electron chi connectivity index (χ3n) is 3.64. The molecular formula is C15H19N5O2S. The van der Waals surface area contributed by atoms with Crippen LogP contribution in [0, 0.1) is 6.92 Å². The highest BCUT2D eigenvalue weighted by atomic mass is 32.1. The molecule has 1 aliphatic heterocycles. The van der Waals surface area contributed by atoms with Crippen molar-refractivity contribution in [3.05, 3.63) is 29.0 Å². The number of hydrogen-bond donors (Lipinski definition) is 1. The second-order valence-corrected chi connectivity index (χ2v) is 6.18. The lowest BCUT2D eigenvalue weighted by Gasteiger charge is -2.32. The fourth-order valence-corrected chi connectivity index (χ4v) is 3.03. The first-order valence-electron chi connectivity index (χ1n) is 7.57. The van der Waals surface area contributed by atoms with Gasteiger partial charge in [-0.15, -0.1) is 10.2 Å². The van der Waals surface area contributed by atoms with Crippen molar-refractivity contribution in [2.24, 2.45) is 0 Å². The van der Waals surface area contributed by atoms with Crippen LogP contribution in [0.4, 0.5) is 10.8 Å². The monoisotopic (exact) mass is 333 g/mol. The van der Waals surface area contributed by atoms with E-state index in [4.69, 9.17) is 4.74 Å². The van der Waals surface area contributed by atoms with Gasteiger partial charge in [0.05, 0.1) is 18.8 Å². The van der Waals surface area contributed by atoms with E-state index in [1.165, 1.54) is 11.3 Å². The topological polar surface area (TPSA) is 80.2 Å². The Labute approximate surface area is 138 Å². The van der Waals surface area contributed by atoms with Crippen molar-refractivity contribution in [2.75, 3.05) is 25.0 Å². The second-order valence-electron chi connectivity index (χ2n) is 5.34. The van der Waals surface area contributed by atoms with Gasteiger partial charge >= 0.3 is 0 Å². The van der Waals surface area contributed by atoms with Crippen molar-refractivity contribution in [3.8, 4) is 0 Å². The molecule has 2 aromatic rings. The number of hydrogen-bond acceptors (Lipinski definition) is 7. The van der Waals surface area contributed by atoms with Gasteiger partial charge in [0.1, 0.15) is 11.6 Å². The predicted molar refractivity (Wildman–Crippen MR) is 87.7 cm³/mol. The van der Waals surface area contributed by atoms with Gasteiger partial charge in [-0.05, 0) is 19.1 Å². The predicted octanol–water partition coefficient (Wildman–Crippen LogP) is 2.30. The van der Waals surface area contributed by atoms with Crippen molar-refractivity contribution in [2.45, 2.75) is 26.4 Å². The average Bonchev–Trinajstić information content (AvgIpc) is 3.06. The maximum absolute atomic E-state index is 11.9. The van der Waals surface area contributed by atoms with Crippen LogP contribution in [-0.4, -0.2) is 45.7 Å². The van der Waals surface area contributed by atoms with Crippen molar-refractivity contribution in [3.63, 3.8) is 0 Å². The summed E-state index contributed by atoms with van der Waals surface area (Å²) in [7, 11) is 0. The standard InChI is InChI=1S/C15H19N5O2S/c1-3-14(21)20-4-5-22-13(8-20)12-7-11(6-10(2)17-12)18-15-19-16-9-23-15/h6-7,9,13H,3-5,8H2,1-2H3,(H,17,18,19). The summed E-state index contributed by atoms with van der Waals surface area (Å²) in [6.07, 6.45) is 0.312. The molecule has 1 amide bonds. The van der Waals surface area contributed by atoms with Gasteiger partial charge in [0, 0.05) is 24.3 Å². The highest BCUT2D eigenvalue weighted by molar-refractivity contribution is 7.13. The summed E-state index contributed by atoms with van der Waals surface area (Å²) >= 11 is 1.43. The molecule has 0 aliphatic carbocycles. The molecule has 1 saturated heterocycles. The molecule has 122 valence electrons. The summed E-state index contributed by atoms with van der Waals surface area (Å²) < 4.78 is 5.82. The van der Waals surface area contributed by atoms with Gasteiger partial charge in [-0.25, -0.2) is 0 Å². The van der Waals surface area contributed by atoms with E-state index in [0.29, 0.717) is 26.1 Å². The van der Waals surface area contributed by atoms with E-state index >= 15 is 0 Å². The first-order chi connectivity index (χ1) is 11.2. The zero-order valence-corrected chi connectivity index (χ0v) is 14.0. The number of pyridine rings is 1. The highest BCUT2D eigenvalue weighted by Crippen LogP contribution is 2.26. The largest absolute Gasteiger partial charge is 0.368 e. The van der Waals surface area contributed by atoms with Crippen LogP contribution in [0.5, 0.6) is 0 Å². The number of carbonyl (C=O) groups is 1. The molecule has 23 heavy (non-hydrogen) atoms. The minimum absolute atomic E-state index is 0.151. The Morgan fingerprint density at radius 3 is 3.13 bits per heavy atom. The Bertz CT molecular complexity index is 677. The van der Waals surface area contributed by atoms with E-state index in [1.54, 1.807) is 5.51 Å². The normalized spacial score (nSPS) is 18.0. The van der Waals surface area contributed by atoms with Crippen LogP contribution < -0.4 is 5.32 Å². The molecule has 7 nitrogen and oxygen atoms in total. The third kappa shape index (κ3) is 3.83. The molecule has 0 bridgehead atoms. The molecule has 1 atom stereocenters. The minimum atomic E-state index is -0.200. The lowest BCUT2D eigenvalue weighted by atomic mass is 10.1. The molecule has 1 aliphatic rings. The molecule has 0 aromatic carbocycles. The number of amides is 1. The zero-order valence-electron chi connectivity index (χ0n) is 13.2. The Morgan fingerprint density at radius 2 is 2.39 bits per heavy atom. The highest BCUT2D eigenvalue weighted by Gasteiger charge is 2.25. The van der Waals surface area contributed by atoms with Crippen LogP contribution in [0.15, 0.2) is 17.6 Å². The van der Waals surface area contributed by atoms with Crippen LogP contribution in [-0.2, 0) is 9.53 Å². The van der Waals surface area contributed by atoms with Gasteiger partial charge in [-0.1, -0.05) is 18.3 Å². The molecule has 1 fully saturated rings. The van der Waals surface area contributed by atoms with Gasteiger partial charge in [-0.2, -0.15) is 0 Å². The van der Waals surface area contributed by atoms with Crippen molar-refractivity contribution >= 4 is 28.1 Å². The number of morpholine rings is 1. The Morgan fingerprint density at radius 1 is 1.52 bits per heavy atom. The van der Waals surface area contributed by atoms with E-state index in [0.717, 1.165) is 22.2 Å². The lowest BCUT2D eigenvalue weighted by molar-refractivity contribution is -0.138. The molecule has 0 radical (unpaired) electrons. The van der Waals surface area contributed by atoms with Crippen molar-refractivity contribution < 1.29 is 9.53 Å². The number of carbonyl (C=O) groups excluding carboxylic acids is 1. The van der Waals surface area contributed by atoms with Gasteiger partial charge in [0.2, 0.25) is 11.0 Å². The summed E-state index contributed by atoms with van der Waals surface area (Å²) in [5.41, 5.74) is 4.28. The Hall–Kier alpha value is -2.06. The molecule has 2 aromatic heterocycles. The van der Waals surface area contributed by atoms with E-state index < -0.39 is 0 Å². The number of nitrogens with zero attached hydrogens (tertiary/aromatic N) is 4. The molecular weight excluding hydrogens is 314 g/mol. The van der Waals surface area contributed by atoms with Crippen LogP contribution in [0.1, 0.15) is 30.8 Å². The molecule has 1 N–H and O–H groups in total. The van der Waals surface area contributed by atoms with Gasteiger partial charge in [-0.3, -0.25) is 9.78 Å². The van der Waals surface area contributed by atoms with Gasteiger partial charge < -0.3 is 15.0 Å². The average molecular weight is 333 g/mol. The van der Waals surface area contributed by atoms with Crippen LogP contribution >= 0.6 is 11.3 Å². The van der Waals surface area contributed by atoms with E-state index in [9.17, 15) is 4.79 Å². The first kappa shape index (κ1) is 15.8. The summed E-state index contributed by atoms with van der Waals surface area (Å²) in [5.74, 6) is 0.151. The Balaban J connectivity index is 1.79. The minimum Gasteiger partial charge on any atom is -0.368 e. The number of nitrogens with one attached hydrogen (secondary N) is 1. The smallest absolute Gasteiger partial charge is 0.222 e.